The van der Waals surface area contributed by atoms with Crippen LogP contribution < -0.4 is 5.32 Å². The second-order valence-corrected chi connectivity index (χ2v) is 6.68. The molecule has 1 aromatic rings. The Labute approximate surface area is 137 Å². The highest BCUT2D eigenvalue weighted by Crippen LogP contribution is 2.29. The molecule has 1 fully saturated rings. The van der Waals surface area contributed by atoms with E-state index in [9.17, 15) is 4.79 Å². The van der Waals surface area contributed by atoms with Gasteiger partial charge in [0, 0.05) is 12.5 Å². The van der Waals surface area contributed by atoms with Crippen LogP contribution in [-0.2, 0) is 17.8 Å². The topological polar surface area (TPSA) is 62.7 Å². The van der Waals surface area contributed by atoms with E-state index in [1.807, 2.05) is 4.57 Å². The van der Waals surface area contributed by atoms with Crippen LogP contribution in [0, 0.1) is 10.7 Å². The number of aromatic nitrogens is 3. The summed E-state index contributed by atoms with van der Waals surface area (Å²) in [5, 5.41) is 10.2. The van der Waals surface area contributed by atoms with Crippen molar-refractivity contribution in [3.63, 3.8) is 0 Å². The molecule has 124 valence electrons. The Hall–Kier alpha value is -1.17. The zero-order chi connectivity index (χ0) is 15.9. The summed E-state index contributed by atoms with van der Waals surface area (Å²) >= 11 is 5.23. The second kappa shape index (κ2) is 8.46. The van der Waals surface area contributed by atoms with Crippen LogP contribution in [-0.4, -0.2) is 26.7 Å². The summed E-state index contributed by atoms with van der Waals surface area (Å²) in [5.74, 6) is 1.58. The third-order valence-electron chi connectivity index (χ3n) is 4.55. The van der Waals surface area contributed by atoms with E-state index in [0.29, 0.717) is 16.7 Å². The molecule has 2 N–H and O–H groups in total. The van der Waals surface area contributed by atoms with Gasteiger partial charge in [-0.3, -0.25) is 14.5 Å². The number of carbonyl (C=O) groups excluding carboxylic acids is 1. The number of hydrogen-bond donors (Lipinski definition) is 2. The van der Waals surface area contributed by atoms with Gasteiger partial charge in [0.2, 0.25) is 5.91 Å². The summed E-state index contributed by atoms with van der Waals surface area (Å²) in [4.78, 5) is 12.4. The number of amides is 1. The van der Waals surface area contributed by atoms with E-state index in [2.05, 4.69) is 29.4 Å². The average molecular weight is 324 g/mol. The molecule has 0 aromatic carbocycles. The lowest BCUT2D eigenvalue weighted by atomic mass is 9.97. The first kappa shape index (κ1) is 17.2. The van der Waals surface area contributed by atoms with Crippen molar-refractivity contribution < 1.29 is 4.79 Å². The molecule has 1 aromatic heterocycles. The second-order valence-electron chi connectivity index (χ2n) is 6.29. The molecule has 0 saturated heterocycles. The molecule has 0 bridgehead atoms. The molecule has 5 nitrogen and oxygen atoms in total. The van der Waals surface area contributed by atoms with Crippen LogP contribution in [0.15, 0.2) is 0 Å². The van der Waals surface area contributed by atoms with E-state index >= 15 is 0 Å². The van der Waals surface area contributed by atoms with Gasteiger partial charge in [0.05, 0.1) is 0 Å². The van der Waals surface area contributed by atoms with E-state index in [1.54, 1.807) is 0 Å². The van der Waals surface area contributed by atoms with E-state index < -0.39 is 0 Å². The van der Waals surface area contributed by atoms with Gasteiger partial charge in [-0.25, -0.2) is 0 Å². The molecular formula is C16H28N4OS. The van der Waals surface area contributed by atoms with E-state index in [4.69, 9.17) is 12.2 Å². The molecule has 1 amide bonds. The molecule has 0 unspecified atom stereocenters. The Kier molecular flexibility index (Phi) is 6.61. The summed E-state index contributed by atoms with van der Waals surface area (Å²) in [6, 6.07) is 0.342. The number of carbonyl (C=O) groups is 1. The molecule has 2 rings (SSSR count). The van der Waals surface area contributed by atoms with Gasteiger partial charge >= 0.3 is 0 Å². The van der Waals surface area contributed by atoms with E-state index in [-0.39, 0.29) is 12.5 Å². The lowest BCUT2D eigenvalue weighted by molar-refractivity contribution is -0.122. The minimum atomic E-state index is 0.0586. The minimum absolute atomic E-state index is 0.0586. The lowest BCUT2D eigenvalue weighted by Crippen LogP contribution is -2.39. The maximum Gasteiger partial charge on any atom is 0.240 e. The van der Waals surface area contributed by atoms with Crippen LogP contribution in [0.3, 0.4) is 0 Å². The molecule has 0 radical (unpaired) electrons. The number of rotatable bonds is 8. The predicted molar refractivity (Wildman–Crippen MR) is 90.2 cm³/mol. The smallest absolute Gasteiger partial charge is 0.240 e. The summed E-state index contributed by atoms with van der Waals surface area (Å²) < 4.78 is 2.36. The standard InChI is InChI=1S/C16H28N4OS/c1-3-5-8-12-9-6-10-13(12)17-15(21)11-20-14(7-4-2)18-19-16(20)22/h12-13H,3-11H2,1-2H3,(H,17,21)(H,19,22)/t12-,13+/m0/s1. The highest BCUT2D eigenvalue weighted by Gasteiger charge is 2.28. The number of aryl methyl sites for hydroxylation is 1. The van der Waals surface area contributed by atoms with Crippen LogP contribution in [0.5, 0.6) is 0 Å². The van der Waals surface area contributed by atoms with Crippen molar-refractivity contribution in [2.45, 2.75) is 77.8 Å². The van der Waals surface area contributed by atoms with Crippen LogP contribution in [0.1, 0.15) is 64.6 Å². The molecule has 1 aliphatic rings. The number of aromatic amines is 1. The summed E-state index contributed by atoms with van der Waals surface area (Å²) in [5.41, 5.74) is 0. The number of nitrogens with one attached hydrogen (secondary N) is 2. The Morgan fingerprint density at radius 2 is 2.23 bits per heavy atom. The molecule has 1 heterocycles. The Balaban J connectivity index is 1.92. The molecule has 0 spiro atoms. The largest absolute Gasteiger partial charge is 0.352 e. The van der Waals surface area contributed by atoms with Crippen molar-refractivity contribution in [3.05, 3.63) is 10.6 Å². The molecular weight excluding hydrogens is 296 g/mol. The van der Waals surface area contributed by atoms with Crippen LogP contribution >= 0.6 is 12.2 Å². The Bertz CT molecular complexity index is 536. The molecule has 22 heavy (non-hydrogen) atoms. The molecule has 0 aliphatic heterocycles. The first-order chi connectivity index (χ1) is 10.7. The number of H-pyrrole nitrogens is 1. The fourth-order valence-electron chi connectivity index (χ4n) is 3.36. The quantitative estimate of drug-likeness (QED) is 0.721. The Morgan fingerprint density at radius 3 is 2.95 bits per heavy atom. The fourth-order valence-corrected chi connectivity index (χ4v) is 3.58. The Morgan fingerprint density at radius 1 is 1.41 bits per heavy atom. The number of hydrogen-bond acceptors (Lipinski definition) is 3. The molecule has 2 atom stereocenters. The third kappa shape index (κ3) is 4.41. The van der Waals surface area contributed by atoms with Crippen molar-refractivity contribution >= 4 is 18.1 Å². The van der Waals surface area contributed by atoms with Crippen LogP contribution in [0.2, 0.25) is 0 Å². The zero-order valence-electron chi connectivity index (χ0n) is 13.7. The zero-order valence-corrected chi connectivity index (χ0v) is 14.5. The van der Waals surface area contributed by atoms with Crippen LogP contribution in [0.4, 0.5) is 0 Å². The van der Waals surface area contributed by atoms with Gasteiger partial charge in [0.15, 0.2) is 4.77 Å². The maximum absolute atomic E-state index is 12.4. The first-order valence-electron chi connectivity index (χ1n) is 8.59. The van der Waals surface area contributed by atoms with Crippen LogP contribution in [0.25, 0.3) is 0 Å². The fraction of sp³-hybridized carbons (Fsp3) is 0.812. The molecule has 6 heteroatoms. The van der Waals surface area contributed by atoms with Gasteiger partial charge in [-0.1, -0.05) is 33.1 Å². The van der Waals surface area contributed by atoms with Crippen molar-refractivity contribution in [1.82, 2.24) is 20.1 Å². The van der Waals surface area contributed by atoms with Crippen molar-refractivity contribution in [2.24, 2.45) is 5.92 Å². The van der Waals surface area contributed by atoms with E-state index in [1.165, 1.54) is 32.1 Å². The highest BCUT2D eigenvalue weighted by atomic mass is 32.1. The average Bonchev–Trinajstić information content (AvgIpc) is 3.06. The van der Waals surface area contributed by atoms with Gasteiger partial charge in [0.1, 0.15) is 12.4 Å². The predicted octanol–water partition coefficient (Wildman–Crippen LogP) is 3.37. The van der Waals surface area contributed by atoms with Crippen molar-refractivity contribution in [1.29, 1.82) is 0 Å². The number of nitrogens with zero attached hydrogens (tertiary/aromatic N) is 2. The normalized spacial score (nSPS) is 21.2. The molecule has 1 aliphatic carbocycles. The monoisotopic (exact) mass is 324 g/mol. The van der Waals surface area contributed by atoms with Gasteiger partial charge in [-0.2, -0.15) is 5.10 Å². The van der Waals surface area contributed by atoms with Crippen molar-refractivity contribution in [2.75, 3.05) is 0 Å². The summed E-state index contributed by atoms with van der Waals surface area (Å²) in [6.07, 6.45) is 9.12. The summed E-state index contributed by atoms with van der Waals surface area (Å²) in [7, 11) is 0. The van der Waals surface area contributed by atoms with Gasteiger partial charge < -0.3 is 5.32 Å². The SMILES string of the molecule is CCCC[C@H]1CCC[C@H]1NC(=O)Cn1c(CCC)n[nH]c1=S. The first-order valence-corrected chi connectivity index (χ1v) is 9.00. The van der Waals surface area contributed by atoms with Crippen molar-refractivity contribution in [3.8, 4) is 0 Å². The van der Waals surface area contributed by atoms with E-state index in [0.717, 1.165) is 25.1 Å². The number of unbranched alkanes of at least 4 members (excludes halogenated alkanes) is 1. The lowest BCUT2D eigenvalue weighted by Gasteiger charge is -2.21. The maximum atomic E-state index is 12.4. The van der Waals surface area contributed by atoms with Gasteiger partial charge in [0.25, 0.3) is 0 Å². The van der Waals surface area contributed by atoms with Gasteiger partial charge in [-0.15, -0.1) is 0 Å². The minimum Gasteiger partial charge on any atom is -0.352 e. The van der Waals surface area contributed by atoms with Gasteiger partial charge in [-0.05, 0) is 43.8 Å². The highest BCUT2D eigenvalue weighted by molar-refractivity contribution is 7.71. The molecule has 1 saturated carbocycles. The third-order valence-corrected chi connectivity index (χ3v) is 4.86. The summed E-state index contributed by atoms with van der Waals surface area (Å²) in [6.45, 7) is 4.60.